The number of ketones is 1. The van der Waals surface area contributed by atoms with Crippen LogP contribution >= 0.6 is 0 Å². The molecule has 0 radical (unpaired) electrons. The molecule has 10 nitrogen and oxygen atoms in total. The Morgan fingerprint density at radius 2 is 1.56 bits per heavy atom. The summed E-state index contributed by atoms with van der Waals surface area (Å²) in [6.07, 6.45) is 5.62. The lowest BCUT2D eigenvalue weighted by molar-refractivity contribution is -0.144. The molecule has 0 bridgehead atoms. The van der Waals surface area contributed by atoms with Crippen molar-refractivity contribution in [3.63, 3.8) is 0 Å². The Morgan fingerprint density at radius 3 is 2.12 bits per heavy atom. The van der Waals surface area contributed by atoms with Gasteiger partial charge in [0.05, 0.1) is 19.2 Å². The van der Waals surface area contributed by atoms with E-state index < -0.39 is 35.4 Å². The van der Waals surface area contributed by atoms with Gasteiger partial charge in [-0.3, -0.25) is 24.1 Å². The second kappa shape index (κ2) is 19.0. The maximum atomic E-state index is 14.2. The van der Waals surface area contributed by atoms with E-state index in [0.717, 1.165) is 37.8 Å². The number of nitrogens with one attached hydrogen (secondary N) is 2. The van der Waals surface area contributed by atoms with Gasteiger partial charge in [0.25, 0.3) is 0 Å². The first-order valence-corrected chi connectivity index (χ1v) is 18.6. The maximum Gasteiger partial charge on any atom is 0.328 e. The highest BCUT2D eigenvalue weighted by Gasteiger charge is 2.40. The van der Waals surface area contributed by atoms with Crippen molar-refractivity contribution >= 4 is 29.5 Å². The Bertz CT molecular complexity index is 1560. The lowest BCUT2D eigenvalue weighted by Crippen LogP contribution is -2.60. The number of piperidine rings is 1. The fraction of sp³-hybridized carbons (Fsp3) is 0.548. The molecule has 1 heterocycles. The van der Waals surface area contributed by atoms with Crippen molar-refractivity contribution in [2.24, 2.45) is 11.3 Å². The van der Waals surface area contributed by atoms with E-state index in [0.29, 0.717) is 16.7 Å². The minimum Gasteiger partial charge on any atom is -0.467 e. The Labute approximate surface area is 310 Å². The zero-order valence-electron chi connectivity index (χ0n) is 32.8. The summed E-state index contributed by atoms with van der Waals surface area (Å²) in [4.78, 5) is 71.0. The number of ether oxygens (including phenoxy) is 1. The van der Waals surface area contributed by atoms with Gasteiger partial charge in [0.15, 0.2) is 5.78 Å². The van der Waals surface area contributed by atoms with Crippen LogP contribution in [0.5, 0.6) is 0 Å². The van der Waals surface area contributed by atoms with Crippen LogP contribution in [0.25, 0.3) is 0 Å². The molecule has 52 heavy (non-hydrogen) atoms. The van der Waals surface area contributed by atoms with Gasteiger partial charge in [0.1, 0.15) is 12.1 Å². The molecule has 5 unspecified atom stereocenters. The van der Waals surface area contributed by atoms with Crippen LogP contribution in [-0.2, 0) is 30.3 Å². The quantitative estimate of drug-likeness (QED) is 0.137. The van der Waals surface area contributed by atoms with Gasteiger partial charge in [0, 0.05) is 36.2 Å². The molecule has 1 aliphatic rings. The predicted molar refractivity (Wildman–Crippen MR) is 205 cm³/mol. The van der Waals surface area contributed by atoms with Crippen LogP contribution in [0.2, 0.25) is 0 Å². The number of hydrogen-bond donors (Lipinski definition) is 2. The zero-order chi connectivity index (χ0) is 38.7. The molecule has 5 atom stereocenters. The van der Waals surface area contributed by atoms with E-state index in [1.165, 1.54) is 7.11 Å². The number of likely N-dealkylation sites (N-methyl/N-ethyl adjacent to an activating group) is 1. The molecule has 2 aromatic carbocycles. The van der Waals surface area contributed by atoms with Crippen molar-refractivity contribution < 1.29 is 28.7 Å². The normalized spacial score (nSPS) is 17.8. The first-order valence-electron chi connectivity index (χ1n) is 18.6. The monoisotopic (exact) mass is 716 g/mol. The van der Waals surface area contributed by atoms with Crippen LogP contribution in [0.1, 0.15) is 103 Å². The van der Waals surface area contributed by atoms with Crippen molar-refractivity contribution in [3.05, 3.63) is 82.9 Å². The second-order valence-corrected chi connectivity index (χ2v) is 15.5. The number of likely N-dealkylation sites (tertiary alicyclic amines) is 1. The summed E-state index contributed by atoms with van der Waals surface area (Å²) in [6.45, 7) is 16.5. The number of esters is 1. The molecule has 0 aromatic heterocycles. The molecule has 0 spiro atoms. The van der Waals surface area contributed by atoms with E-state index in [1.54, 1.807) is 61.3 Å². The molecule has 1 saturated heterocycles. The van der Waals surface area contributed by atoms with E-state index in [1.807, 2.05) is 52.8 Å². The molecule has 1 fully saturated rings. The van der Waals surface area contributed by atoms with Crippen LogP contribution in [0.3, 0.4) is 0 Å². The van der Waals surface area contributed by atoms with Gasteiger partial charge in [-0.25, -0.2) is 4.79 Å². The lowest BCUT2D eigenvalue weighted by atomic mass is 9.84. The smallest absolute Gasteiger partial charge is 0.328 e. The van der Waals surface area contributed by atoms with E-state index >= 15 is 0 Å². The number of amides is 3. The molecule has 0 saturated carbocycles. The number of carbonyl (C=O) groups is 5. The number of hydrogen-bond acceptors (Lipinski definition) is 7. The SMILES string of the molecule is CCC(C)N1CCCCC1C(=O)NC(C(=O)N(C)C(/C=C(\C)C(=O)NC(Cc1ccc(C(=O)c2ccccc2)cc1)C(=O)OC)C(C)C)C(C)(C)C. The topological polar surface area (TPSA) is 125 Å². The van der Waals surface area contributed by atoms with Gasteiger partial charge in [-0.2, -0.15) is 0 Å². The first-order chi connectivity index (χ1) is 24.5. The van der Waals surface area contributed by atoms with Crippen LogP contribution in [-0.4, -0.2) is 90.2 Å². The highest BCUT2D eigenvalue weighted by Crippen LogP contribution is 2.26. The summed E-state index contributed by atoms with van der Waals surface area (Å²) in [5.41, 5.74) is 1.59. The summed E-state index contributed by atoms with van der Waals surface area (Å²) in [7, 11) is 2.97. The fourth-order valence-corrected chi connectivity index (χ4v) is 6.71. The summed E-state index contributed by atoms with van der Waals surface area (Å²) in [5, 5.41) is 5.94. The molecule has 1 aliphatic heterocycles. The van der Waals surface area contributed by atoms with E-state index in [9.17, 15) is 24.0 Å². The van der Waals surface area contributed by atoms with E-state index in [4.69, 9.17) is 4.74 Å². The minimum absolute atomic E-state index is 0.0687. The summed E-state index contributed by atoms with van der Waals surface area (Å²) in [6, 6.07) is 13.7. The lowest BCUT2D eigenvalue weighted by Gasteiger charge is -2.41. The molecule has 10 heteroatoms. The Balaban J connectivity index is 1.76. The van der Waals surface area contributed by atoms with E-state index in [2.05, 4.69) is 29.4 Å². The van der Waals surface area contributed by atoms with Crippen molar-refractivity contribution in [1.29, 1.82) is 0 Å². The molecule has 284 valence electrons. The summed E-state index contributed by atoms with van der Waals surface area (Å²) >= 11 is 0. The van der Waals surface area contributed by atoms with Gasteiger partial charge >= 0.3 is 5.97 Å². The van der Waals surface area contributed by atoms with Crippen LogP contribution in [0.4, 0.5) is 0 Å². The highest BCUT2D eigenvalue weighted by molar-refractivity contribution is 6.09. The third-order valence-corrected chi connectivity index (χ3v) is 10.1. The molecule has 0 aliphatic carbocycles. The number of rotatable bonds is 15. The largest absolute Gasteiger partial charge is 0.467 e. The average molecular weight is 717 g/mol. The summed E-state index contributed by atoms with van der Waals surface area (Å²) in [5.74, 6) is -1.62. The third-order valence-electron chi connectivity index (χ3n) is 10.1. The van der Waals surface area contributed by atoms with Crippen molar-refractivity contribution in [2.75, 3.05) is 20.7 Å². The van der Waals surface area contributed by atoms with Gasteiger partial charge in [0.2, 0.25) is 17.7 Å². The Hall–Kier alpha value is -4.31. The predicted octanol–water partition coefficient (Wildman–Crippen LogP) is 5.73. The number of nitrogens with zero attached hydrogens (tertiary/aromatic N) is 2. The fourth-order valence-electron chi connectivity index (χ4n) is 6.71. The molecule has 2 aromatic rings. The van der Waals surface area contributed by atoms with Crippen LogP contribution in [0, 0.1) is 11.3 Å². The number of methoxy groups -OCH3 is 1. The van der Waals surface area contributed by atoms with Crippen LogP contribution < -0.4 is 10.6 Å². The van der Waals surface area contributed by atoms with Gasteiger partial charge in [-0.1, -0.05) is 109 Å². The maximum absolute atomic E-state index is 14.2. The Kier molecular flexibility index (Phi) is 15.4. The molecular formula is C42H60N4O6. The van der Waals surface area contributed by atoms with Crippen molar-refractivity contribution in [3.8, 4) is 0 Å². The molecule has 3 rings (SSSR count). The van der Waals surface area contributed by atoms with E-state index in [-0.39, 0.29) is 42.0 Å². The molecular weight excluding hydrogens is 656 g/mol. The van der Waals surface area contributed by atoms with Gasteiger partial charge < -0.3 is 20.3 Å². The zero-order valence-corrected chi connectivity index (χ0v) is 32.8. The Morgan fingerprint density at radius 1 is 0.942 bits per heavy atom. The highest BCUT2D eigenvalue weighted by atomic mass is 16.5. The second-order valence-electron chi connectivity index (χ2n) is 15.5. The minimum atomic E-state index is -0.983. The van der Waals surface area contributed by atoms with Crippen LogP contribution in [0.15, 0.2) is 66.2 Å². The standard InChI is InChI=1S/C42H60N4O6/c1-11-29(5)46-24-16-15-19-34(46)39(49)44-37(42(6,7)8)40(50)45(9)35(27(2)3)25-28(4)38(48)43-33(41(51)52-10)26-30-20-22-32(23-21-30)36(47)31-17-13-12-14-18-31/h12-14,17-18,20-23,25,27,29,33-35,37H,11,15-16,19,24,26H2,1-10H3,(H,43,48)(H,44,49)/b28-25+. The molecule has 2 N–H and O–H groups in total. The first kappa shape index (κ1) is 42.1. The van der Waals surface area contributed by atoms with Crippen molar-refractivity contribution in [2.45, 2.75) is 118 Å². The average Bonchev–Trinajstić information content (AvgIpc) is 3.13. The van der Waals surface area contributed by atoms with Crippen molar-refractivity contribution in [1.82, 2.24) is 20.4 Å². The van der Waals surface area contributed by atoms with Gasteiger partial charge in [-0.05, 0) is 56.6 Å². The number of benzene rings is 2. The summed E-state index contributed by atoms with van der Waals surface area (Å²) < 4.78 is 5.02. The number of carbonyl (C=O) groups excluding carboxylic acids is 5. The van der Waals surface area contributed by atoms with Gasteiger partial charge in [-0.15, -0.1) is 0 Å². The third kappa shape index (κ3) is 11.1. The molecule has 3 amide bonds.